The highest BCUT2D eigenvalue weighted by Crippen LogP contribution is 2.44. The molecule has 2 aromatic carbocycles. The molecular weight excluding hydrogens is 432 g/mol. The summed E-state index contributed by atoms with van der Waals surface area (Å²) in [5.74, 6) is -0.708. The molecule has 0 aliphatic heterocycles. The van der Waals surface area contributed by atoms with Gasteiger partial charge in [-0.1, -0.05) is 48.5 Å². The second kappa shape index (κ2) is 10.7. The maximum atomic E-state index is 12.4. The van der Waals surface area contributed by atoms with Gasteiger partial charge in [0.2, 0.25) is 5.91 Å². The predicted molar refractivity (Wildman–Crippen MR) is 128 cm³/mol. The second-order valence-electron chi connectivity index (χ2n) is 9.45. The Hall–Kier alpha value is -3.35. The maximum absolute atomic E-state index is 12.4. The van der Waals surface area contributed by atoms with Crippen LogP contribution in [0.4, 0.5) is 4.79 Å². The molecule has 1 saturated carbocycles. The number of benzene rings is 2. The minimum Gasteiger partial charge on any atom is -0.481 e. The summed E-state index contributed by atoms with van der Waals surface area (Å²) in [5, 5.41) is 14.7. The highest BCUT2D eigenvalue weighted by Gasteiger charge is 2.29. The summed E-state index contributed by atoms with van der Waals surface area (Å²) in [4.78, 5) is 35.5. The predicted octanol–water partition coefficient (Wildman–Crippen LogP) is 4.45. The van der Waals surface area contributed by atoms with Crippen LogP contribution in [0.2, 0.25) is 0 Å². The molecule has 1 fully saturated rings. The summed E-state index contributed by atoms with van der Waals surface area (Å²) in [6.07, 6.45) is 2.83. The molecule has 0 radical (unpaired) electrons. The van der Waals surface area contributed by atoms with Gasteiger partial charge in [0.25, 0.3) is 0 Å². The van der Waals surface area contributed by atoms with Gasteiger partial charge in [-0.15, -0.1) is 0 Å². The summed E-state index contributed by atoms with van der Waals surface area (Å²) in [5.41, 5.74) is 4.70. The SMILES string of the molecule is CC(CCC(=O)N[C@@H]1CC[C@H](CC(=O)O)C1)NC(=O)OCC1c2ccccc2-c2ccccc21. The molecule has 0 saturated heterocycles. The van der Waals surface area contributed by atoms with Gasteiger partial charge in [0.15, 0.2) is 0 Å². The number of carboxylic acid groups (broad SMARTS) is 1. The van der Waals surface area contributed by atoms with E-state index in [1.54, 1.807) is 0 Å². The van der Waals surface area contributed by atoms with Crippen molar-refractivity contribution in [3.63, 3.8) is 0 Å². The largest absolute Gasteiger partial charge is 0.481 e. The van der Waals surface area contributed by atoms with Crippen molar-refractivity contribution in [3.8, 4) is 11.1 Å². The Morgan fingerprint density at radius 3 is 2.32 bits per heavy atom. The first-order valence-corrected chi connectivity index (χ1v) is 12.0. The zero-order valence-electron chi connectivity index (χ0n) is 19.5. The van der Waals surface area contributed by atoms with Crippen LogP contribution in [0.15, 0.2) is 48.5 Å². The lowest BCUT2D eigenvalue weighted by Crippen LogP contribution is -2.37. The second-order valence-corrected chi connectivity index (χ2v) is 9.45. The molecule has 2 aliphatic carbocycles. The highest BCUT2D eigenvalue weighted by atomic mass is 16.5. The molecule has 34 heavy (non-hydrogen) atoms. The lowest BCUT2D eigenvalue weighted by molar-refractivity contribution is -0.138. The van der Waals surface area contributed by atoms with E-state index >= 15 is 0 Å². The number of nitrogens with one attached hydrogen (secondary N) is 2. The Bertz CT molecular complexity index is 1010. The van der Waals surface area contributed by atoms with E-state index in [0.717, 1.165) is 12.8 Å². The number of aliphatic carboxylic acids is 1. The van der Waals surface area contributed by atoms with Gasteiger partial charge in [-0.3, -0.25) is 9.59 Å². The van der Waals surface area contributed by atoms with Crippen LogP contribution in [-0.4, -0.2) is 41.8 Å². The lowest BCUT2D eigenvalue weighted by atomic mass is 9.98. The Labute approximate surface area is 199 Å². The smallest absolute Gasteiger partial charge is 0.407 e. The third-order valence-electron chi connectivity index (χ3n) is 6.88. The number of rotatable bonds is 9. The Morgan fingerprint density at radius 1 is 1.03 bits per heavy atom. The average molecular weight is 465 g/mol. The summed E-state index contributed by atoms with van der Waals surface area (Å²) in [7, 11) is 0. The Balaban J connectivity index is 1.19. The van der Waals surface area contributed by atoms with Gasteiger partial charge < -0.3 is 20.5 Å². The third kappa shape index (κ3) is 5.76. The minimum atomic E-state index is -0.787. The molecule has 2 aromatic rings. The Kier molecular flexibility index (Phi) is 7.50. The van der Waals surface area contributed by atoms with Crippen LogP contribution in [0.25, 0.3) is 11.1 Å². The van der Waals surface area contributed by atoms with Crippen molar-refractivity contribution in [2.45, 2.75) is 63.5 Å². The number of ether oxygens (including phenoxy) is 1. The molecule has 7 heteroatoms. The van der Waals surface area contributed by atoms with Gasteiger partial charge in [-0.25, -0.2) is 4.79 Å². The number of amides is 2. The van der Waals surface area contributed by atoms with Crippen LogP contribution in [0.5, 0.6) is 0 Å². The molecular formula is C27H32N2O5. The van der Waals surface area contributed by atoms with Crippen LogP contribution in [0.1, 0.15) is 62.5 Å². The van der Waals surface area contributed by atoms with Crippen LogP contribution in [-0.2, 0) is 14.3 Å². The monoisotopic (exact) mass is 464 g/mol. The van der Waals surface area contributed by atoms with Gasteiger partial charge >= 0.3 is 12.1 Å². The van der Waals surface area contributed by atoms with Crippen molar-refractivity contribution in [1.82, 2.24) is 10.6 Å². The first-order chi connectivity index (χ1) is 16.4. The van der Waals surface area contributed by atoms with Crippen molar-refractivity contribution in [2.24, 2.45) is 5.92 Å². The number of carbonyl (C=O) groups excluding carboxylic acids is 2. The van der Waals surface area contributed by atoms with Crippen LogP contribution >= 0.6 is 0 Å². The molecule has 0 heterocycles. The zero-order valence-corrected chi connectivity index (χ0v) is 19.5. The van der Waals surface area contributed by atoms with E-state index in [1.807, 2.05) is 31.2 Å². The molecule has 1 unspecified atom stereocenters. The quantitative estimate of drug-likeness (QED) is 0.508. The molecule has 7 nitrogen and oxygen atoms in total. The van der Waals surface area contributed by atoms with E-state index in [4.69, 9.17) is 9.84 Å². The molecule has 3 atom stereocenters. The number of fused-ring (bicyclic) bond motifs is 3. The summed E-state index contributed by atoms with van der Waals surface area (Å²) in [6, 6.07) is 16.2. The number of carbonyl (C=O) groups is 3. The standard InChI is InChI=1S/C27H32N2O5/c1-17(10-13-25(30)29-19-12-11-18(14-19)15-26(31)32)28-27(33)34-16-24-22-8-4-2-6-20(22)21-7-3-5-9-23(21)24/h2-9,17-19,24H,10-16H2,1H3,(H,28,33)(H,29,30)(H,31,32)/t17?,18-,19+/m0/s1. The van der Waals surface area contributed by atoms with Crippen LogP contribution in [0, 0.1) is 5.92 Å². The number of hydrogen-bond acceptors (Lipinski definition) is 4. The molecule has 0 aromatic heterocycles. The first-order valence-electron chi connectivity index (χ1n) is 12.0. The molecule has 3 N–H and O–H groups in total. The highest BCUT2D eigenvalue weighted by molar-refractivity contribution is 5.79. The van der Waals surface area contributed by atoms with E-state index in [1.165, 1.54) is 22.3 Å². The van der Waals surface area contributed by atoms with E-state index in [9.17, 15) is 14.4 Å². The lowest BCUT2D eigenvalue weighted by Gasteiger charge is -2.18. The fourth-order valence-electron chi connectivity index (χ4n) is 5.20. The van der Waals surface area contributed by atoms with Crippen molar-refractivity contribution < 1.29 is 24.2 Å². The van der Waals surface area contributed by atoms with Crippen LogP contribution < -0.4 is 10.6 Å². The third-order valence-corrected chi connectivity index (χ3v) is 6.88. The van der Waals surface area contributed by atoms with E-state index in [-0.39, 0.29) is 42.9 Å². The molecule has 180 valence electrons. The van der Waals surface area contributed by atoms with Gasteiger partial charge in [0, 0.05) is 30.8 Å². The molecule has 2 amide bonds. The summed E-state index contributed by atoms with van der Waals surface area (Å²) >= 11 is 0. The average Bonchev–Trinajstić information content (AvgIpc) is 3.37. The first kappa shape index (κ1) is 23.8. The van der Waals surface area contributed by atoms with E-state index in [0.29, 0.717) is 19.3 Å². The van der Waals surface area contributed by atoms with Crippen LogP contribution in [0.3, 0.4) is 0 Å². The van der Waals surface area contributed by atoms with E-state index < -0.39 is 12.1 Å². The zero-order chi connectivity index (χ0) is 24.1. The van der Waals surface area contributed by atoms with Crippen molar-refractivity contribution in [1.29, 1.82) is 0 Å². The topological polar surface area (TPSA) is 105 Å². The van der Waals surface area contributed by atoms with Gasteiger partial charge in [0.1, 0.15) is 6.61 Å². The normalized spacial score (nSPS) is 19.7. The minimum absolute atomic E-state index is 0.00981. The number of hydrogen-bond donors (Lipinski definition) is 3. The molecule has 2 aliphatic rings. The van der Waals surface area contributed by atoms with E-state index in [2.05, 4.69) is 34.9 Å². The summed E-state index contributed by atoms with van der Waals surface area (Å²) in [6.45, 7) is 2.11. The molecule has 0 bridgehead atoms. The van der Waals surface area contributed by atoms with Gasteiger partial charge in [0.05, 0.1) is 0 Å². The fourth-order valence-corrected chi connectivity index (χ4v) is 5.20. The van der Waals surface area contributed by atoms with Gasteiger partial charge in [-0.05, 0) is 60.8 Å². The Morgan fingerprint density at radius 2 is 1.68 bits per heavy atom. The number of alkyl carbamates (subject to hydrolysis) is 1. The molecule has 0 spiro atoms. The summed E-state index contributed by atoms with van der Waals surface area (Å²) < 4.78 is 5.57. The van der Waals surface area contributed by atoms with Crippen molar-refractivity contribution in [3.05, 3.63) is 59.7 Å². The number of carboxylic acids is 1. The van der Waals surface area contributed by atoms with Crippen molar-refractivity contribution in [2.75, 3.05) is 6.61 Å². The van der Waals surface area contributed by atoms with Crippen molar-refractivity contribution >= 4 is 18.0 Å². The fraction of sp³-hybridized carbons (Fsp3) is 0.444. The molecule has 4 rings (SSSR count). The van der Waals surface area contributed by atoms with Gasteiger partial charge in [-0.2, -0.15) is 0 Å². The maximum Gasteiger partial charge on any atom is 0.407 e.